The maximum Gasteiger partial charge on any atom is 0.490 e. The molecule has 0 aromatic heterocycles. The highest BCUT2D eigenvalue weighted by atomic mass is 32.3. The minimum absolute atomic E-state index is 0.147. The molecule has 4 atom stereocenters. The molecule has 4 saturated heterocycles. The number of hydroxylamine groups is 3. The number of alkyl halides is 6. The molecule has 44 heavy (non-hydrogen) atoms. The number of nitrogens with zero attached hydrogens (tertiary/aromatic N) is 3. The van der Waals surface area contributed by atoms with Crippen molar-refractivity contribution < 1.29 is 77.8 Å². The van der Waals surface area contributed by atoms with E-state index in [4.69, 9.17) is 29.2 Å². The van der Waals surface area contributed by atoms with E-state index in [9.17, 15) is 44.3 Å². The summed E-state index contributed by atoms with van der Waals surface area (Å²) in [5.74, 6) is -5.97. The fraction of sp³-hybridized carbons (Fsp3) is 0.810. The number of fused-ring (bicyclic) bond motifs is 2. The summed E-state index contributed by atoms with van der Waals surface area (Å²) < 4.78 is 98.6. The van der Waals surface area contributed by atoms with Crippen molar-refractivity contribution in [2.75, 3.05) is 32.8 Å². The Morgan fingerprint density at radius 2 is 1.50 bits per heavy atom. The topological polar surface area (TPSA) is 215 Å². The molecule has 5 N–H and O–H groups in total. The van der Waals surface area contributed by atoms with Crippen molar-refractivity contribution in [2.24, 2.45) is 0 Å². The highest BCUT2D eigenvalue weighted by Gasteiger charge is 2.49. The van der Waals surface area contributed by atoms with Gasteiger partial charge in [-0.05, 0) is 45.2 Å². The van der Waals surface area contributed by atoms with Crippen molar-refractivity contribution in [1.29, 1.82) is 0 Å². The molecule has 23 heteroatoms. The van der Waals surface area contributed by atoms with Crippen LogP contribution in [0.5, 0.6) is 0 Å². The second-order valence-corrected chi connectivity index (χ2v) is 11.0. The molecule has 4 aliphatic heterocycles. The number of hydrogen-bond donors (Lipinski definition) is 5. The molecule has 0 unspecified atom stereocenters. The van der Waals surface area contributed by atoms with Gasteiger partial charge in [-0.15, -0.1) is 4.28 Å². The summed E-state index contributed by atoms with van der Waals surface area (Å²) in [4.78, 5) is 51.9. The van der Waals surface area contributed by atoms with Crippen molar-refractivity contribution in [3.63, 3.8) is 0 Å². The van der Waals surface area contributed by atoms with Gasteiger partial charge in [0.05, 0.1) is 12.6 Å². The molecule has 0 spiro atoms. The monoisotopic (exact) mass is 675 g/mol. The largest absolute Gasteiger partial charge is 0.490 e. The van der Waals surface area contributed by atoms with Gasteiger partial charge in [0, 0.05) is 25.2 Å². The molecule has 2 bridgehead atoms. The van der Waals surface area contributed by atoms with Crippen LogP contribution in [0, 0.1) is 0 Å². The lowest BCUT2D eigenvalue weighted by atomic mass is 10.0. The van der Waals surface area contributed by atoms with Crippen molar-refractivity contribution in [2.45, 2.75) is 75.0 Å². The van der Waals surface area contributed by atoms with Gasteiger partial charge in [-0.2, -0.15) is 39.8 Å². The Morgan fingerprint density at radius 1 is 0.955 bits per heavy atom. The summed E-state index contributed by atoms with van der Waals surface area (Å²) in [6.07, 6.45) is -4.69. The SMILES string of the molecule is O=C(NOC[C@@H]1C[C@H](N2CCCCC2)CN1)[C@@H]1CC[C@@H]2CN1C(=O)N2OS(=O)(=O)O.O=C(O)C(F)(F)F.O=C(O)C(F)(F)F. The maximum atomic E-state index is 12.5. The number of halogens is 6. The van der Waals surface area contributed by atoms with Gasteiger partial charge in [0.25, 0.3) is 5.91 Å². The van der Waals surface area contributed by atoms with Crippen LogP contribution in [0.4, 0.5) is 31.1 Å². The summed E-state index contributed by atoms with van der Waals surface area (Å²) in [5.41, 5.74) is 2.43. The zero-order valence-electron chi connectivity index (χ0n) is 22.7. The summed E-state index contributed by atoms with van der Waals surface area (Å²) in [6.45, 7) is 3.67. The van der Waals surface area contributed by atoms with Gasteiger partial charge < -0.3 is 20.4 Å². The lowest BCUT2D eigenvalue weighted by Crippen LogP contribution is -2.50. The van der Waals surface area contributed by atoms with E-state index >= 15 is 0 Å². The first-order chi connectivity index (χ1) is 20.2. The Morgan fingerprint density at radius 3 is 2.00 bits per heavy atom. The average molecular weight is 676 g/mol. The molecule has 4 rings (SSSR count). The quantitative estimate of drug-likeness (QED) is 0.142. The van der Waals surface area contributed by atoms with E-state index < -0.39 is 58.7 Å². The highest BCUT2D eigenvalue weighted by Crippen LogP contribution is 2.30. The van der Waals surface area contributed by atoms with E-state index in [0.29, 0.717) is 30.6 Å². The number of nitrogens with one attached hydrogen (secondary N) is 2. The van der Waals surface area contributed by atoms with Gasteiger partial charge in [0.1, 0.15) is 6.04 Å². The van der Waals surface area contributed by atoms with E-state index in [1.54, 1.807) is 0 Å². The Bertz CT molecular complexity index is 1110. The Labute approximate surface area is 246 Å². The molecule has 254 valence electrons. The molecular weight excluding hydrogens is 644 g/mol. The highest BCUT2D eigenvalue weighted by molar-refractivity contribution is 7.80. The maximum absolute atomic E-state index is 12.5. The molecule has 3 amide bonds. The van der Waals surface area contributed by atoms with E-state index in [1.165, 1.54) is 24.2 Å². The summed E-state index contributed by atoms with van der Waals surface area (Å²) >= 11 is 0. The lowest BCUT2D eigenvalue weighted by Gasteiger charge is -2.31. The number of carbonyl (C=O) groups is 4. The predicted molar refractivity (Wildman–Crippen MR) is 130 cm³/mol. The van der Waals surface area contributed by atoms with Crippen LogP contribution in [-0.4, -0.2) is 131 Å². The molecule has 4 fully saturated rings. The van der Waals surface area contributed by atoms with Crippen LogP contribution in [-0.2, 0) is 33.9 Å². The molecular formula is C21H31F6N5O11S. The summed E-state index contributed by atoms with van der Waals surface area (Å²) in [6, 6.07) is -1.42. The average Bonchev–Trinajstić information content (AvgIpc) is 3.47. The molecule has 0 saturated carbocycles. The number of piperidine rings is 2. The van der Waals surface area contributed by atoms with E-state index in [1.807, 2.05) is 0 Å². The zero-order chi connectivity index (χ0) is 33.5. The standard InChI is InChI=1S/C17H29N5O7S.2C2HF3O2/c23-16(15-5-4-13-10-21(15)17(24)22(13)29-30(25,26)27)19-28-11-12-8-14(9-18-12)20-6-2-1-3-7-20;2*3-2(4,5)1(6)7/h12-15,18H,1-11H2,(H,19,23)(H,25,26,27);2*(H,6,7)/t12-,13+,14-,15-;;/m0../s1. The van der Waals surface area contributed by atoms with Gasteiger partial charge in [-0.25, -0.2) is 19.9 Å². The second-order valence-electron chi connectivity index (χ2n) is 9.98. The first kappa shape index (κ1) is 37.2. The lowest BCUT2D eigenvalue weighted by molar-refractivity contribution is -0.193. The smallest absolute Gasteiger partial charge is 0.475 e. The van der Waals surface area contributed by atoms with Crippen molar-refractivity contribution in [3.8, 4) is 0 Å². The van der Waals surface area contributed by atoms with E-state index in [-0.39, 0.29) is 12.6 Å². The Kier molecular flexibility index (Phi) is 13.0. The number of carboxylic acid groups (broad SMARTS) is 2. The number of urea groups is 1. The Balaban J connectivity index is 0.000000402. The van der Waals surface area contributed by atoms with Crippen LogP contribution in [0.2, 0.25) is 0 Å². The number of likely N-dealkylation sites (tertiary alicyclic amines) is 1. The summed E-state index contributed by atoms with van der Waals surface area (Å²) in [7, 11) is -4.81. The van der Waals surface area contributed by atoms with Gasteiger partial charge >= 0.3 is 40.7 Å². The third-order valence-corrected chi connectivity index (χ3v) is 7.20. The van der Waals surface area contributed by atoms with E-state index in [0.717, 1.165) is 26.1 Å². The number of aliphatic carboxylic acids is 2. The number of carboxylic acids is 2. The summed E-state index contributed by atoms with van der Waals surface area (Å²) in [5, 5.41) is 18.3. The van der Waals surface area contributed by atoms with Gasteiger partial charge in [-0.3, -0.25) is 19.1 Å². The molecule has 0 radical (unpaired) electrons. The molecule has 16 nitrogen and oxygen atoms in total. The van der Waals surface area contributed by atoms with Crippen molar-refractivity contribution >= 4 is 34.3 Å². The molecule has 0 aromatic rings. The number of rotatable bonds is 7. The minimum Gasteiger partial charge on any atom is -0.475 e. The van der Waals surface area contributed by atoms with Gasteiger partial charge in [0.15, 0.2) is 0 Å². The molecule has 4 aliphatic rings. The fourth-order valence-corrected chi connectivity index (χ4v) is 5.26. The fourth-order valence-electron chi connectivity index (χ4n) is 4.87. The normalized spacial score (nSPS) is 25.8. The van der Waals surface area contributed by atoms with Gasteiger partial charge in [-0.1, -0.05) is 6.42 Å². The van der Waals surface area contributed by atoms with Crippen molar-refractivity contribution in [1.82, 2.24) is 25.7 Å². The number of amides is 3. The van der Waals surface area contributed by atoms with Crippen LogP contribution < -0.4 is 10.8 Å². The van der Waals surface area contributed by atoms with Crippen LogP contribution in [0.3, 0.4) is 0 Å². The third-order valence-electron chi connectivity index (χ3n) is 6.85. The zero-order valence-corrected chi connectivity index (χ0v) is 23.5. The molecule has 0 aliphatic carbocycles. The molecule has 0 aromatic carbocycles. The van der Waals surface area contributed by atoms with E-state index in [2.05, 4.69) is 20.0 Å². The number of hydrogen-bond acceptors (Lipinski definition) is 10. The number of carbonyl (C=O) groups excluding carboxylic acids is 2. The predicted octanol–water partition coefficient (Wildman–Crippen LogP) is 0.520. The third kappa shape index (κ3) is 11.5. The first-order valence-corrected chi connectivity index (χ1v) is 14.3. The second kappa shape index (κ2) is 15.3. The van der Waals surface area contributed by atoms with Crippen LogP contribution in [0.1, 0.15) is 38.5 Å². The van der Waals surface area contributed by atoms with Crippen molar-refractivity contribution in [3.05, 3.63) is 0 Å². The van der Waals surface area contributed by atoms with Crippen LogP contribution in [0.15, 0.2) is 0 Å². The van der Waals surface area contributed by atoms with Gasteiger partial charge in [0.2, 0.25) is 0 Å². The van der Waals surface area contributed by atoms with Crippen LogP contribution >= 0.6 is 0 Å². The molecule has 4 heterocycles. The minimum atomic E-state index is -5.08. The van der Waals surface area contributed by atoms with Crippen LogP contribution in [0.25, 0.3) is 0 Å². The Hall–Kier alpha value is -2.99. The first-order valence-electron chi connectivity index (χ1n) is 13.0.